The third kappa shape index (κ3) is 17.1. The maximum atomic E-state index is 12.3. The van der Waals surface area contributed by atoms with Gasteiger partial charge in [0.15, 0.2) is 0 Å². The fraction of sp³-hybridized carbons (Fsp3) is 0.895. The zero-order valence-corrected chi connectivity index (χ0v) is 29.6. The largest absolute Gasteiger partial charge is 0.462 e. The van der Waals surface area contributed by atoms with Crippen LogP contribution in [0.1, 0.15) is 183 Å². The quantitative estimate of drug-likeness (QED) is 0.0740. The van der Waals surface area contributed by atoms with Gasteiger partial charge in [0.1, 0.15) is 17.5 Å². The van der Waals surface area contributed by atoms with E-state index in [4.69, 9.17) is 4.74 Å². The van der Waals surface area contributed by atoms with Gasteiger partial charge in [0.2, 0.25) is 5.91 Å². The summed E-state index contributed by atoms with van der Waals surface area (Å²) in [7, 11) is 0. The van der Waals surface area contributed by atoms with Crippen molar-refractivity contribution in [1.29, 1.82) is 0 Å². The van der Waals surface area contributed by atoms with E-state index in [1.807, 2.05) is 27.7 Å². The second kappa shape index (κ2) is 24.5. The van der Waals surface area contributed by atoms with Gasteiger partial charge in [-0.1, -0.05) is 130 Å². The predicted molar refractivity (Wildman–Crippen MR) is 181 cm³/mol. The molecular weight excluding hydrogens is 550 g/mol. The highest BCUT2D eigenvalue weighted by Crippen LogP contribution is 2.29. The number of hydrogen-bond donors (Lipinski definition) is 1. The van der Waals surface area contributed by atoms with Gasteiger partial charge in [-0.25, -0.2) is 0 Å². The number of esters is 1. The minimum atomic E-state index is -0.509. The van der Waals surface area contributed by atoms with Crippen LogP contribution in [0.15, 0.2) is 0 Å². The third-order valence-corrected chi connectivity index (χ3v) is 9.56. The zero-order chi connectivity index (χ0) is 32.7. The van der Waals surface area contributed by atoms with Gasteiger partial charge in [-0.05, 0) is 51.4 Å². The van der Waals surface area contributed by atoms with E-state index in [0.717, 1.165) is 38.5 Å². The first-order valence-corrected chi connectivity index (χ1v) is 18.7. The van der Waals surface area contributed by atoms with Crippen LogP contribution in [-0.4, -0.2) is 35.6 Å². The summed E-state index contributed by atoms with van der Waals surface area (Å²) in [5.41, 5.74) is 0. The zero-order valence-electron chi connectivity index (χ0n) is 29.6. The van der Waals surface area contributed by atoms with Crippen LogP contribution in [-0.2, 0) is 23.9 Å². The molecule has 256 valence electrons. The van der Waals surface area contributed by atoms with E-state index < -0.39 is 11.8 Å². The molecule has 6 nitrogen and oxygen atoms in total. The Balaban J connectivity index is 0.000000440. The molecule has 0 aliphatic carbocycles. The van der Waals surface area contributed by atoms with E-state index in [-0.39, 0.29) is 47.4 Å². The Hall–Kier alpha value is -1.72. The minimum Gasteiger partial charge on any atom is -0.462 e. The van der Waals surface area contributed by atoms with Crippen LogP contribution in [0.3, 0.4) is 0 Å². The summed E-state index contributed by atoms with van der Waals surface area (Å²) in [6.07, 6.45) is 25.2. The molecule has 0 radical (unpaired) electrons. The average molecular weight is 620 g/mol. The highest BCUT2D eigenvalue weighted by atomic mass is 16.5. The van der Waals surface area contributed by atoms with Crippen LogP contribution in [0.5, 0.6) is 0 Å². The third-order valence-electron chi connectivity index (χ3n) is 9.56. The van der Waals surface area contributed by atoms with Gasteiger partial charge in [0.25, 0.3) is 0 Å². The summed E-state index contributed by atoms with van der Waals surface area (Å²) in [6, 6.07) is 0.208. The van der Waals surface area contributed by atoms with E-state index in [1.54, 1.807) is 0 Å². The Bertz CT molecular complexity index is 745. The van der Waals surface area contributed by atoms with Crippen LogP contribution in [0.2, 0.25) is 0 Å². The smallest absolute Gasteiger partial charge is 0.317 e. The van der Waals surface area contributed by atoms with Gasteiger partial charge in [-0.3, -0.25) is 19.2 Å². The monoisotopic (exact) mass is 620 g/mol. The highest BCUT2D eigenvalue weighted by molar-refractivity contribution is 6.02. The van der Waals surface area contributed by atoms with Gasteiger partial charge in [0.05, 0.1) is 12.0 Å². The molecule has 2 aliphatic rings. The van der Waals surface area contributed by atoms with E-state index in [0.29, 0.717) is 12.8 Å². The molecule has 2 aliphatic heterocycles. The van der Waals surface area contributed by atoms with Gasteiger partial charge >= 0.3 is 5.97 Å². The fourth-order valence-electron chi connectivity index (χ4n) is 7.00. The minimum absolute atomic E-state index is 0.0424. The molecule has 0 saturated carbocycles. The summed E-state index contributed by atoms with van der Waals surface area (Å²) in [5, 5.41) is 2.92. The summed E-state index contributed by atoms with van der Waals surface area (Å²) in [5.74, 6) is -0.695. The lowest BCUT2D eigenvalue weighted by Crippen LogP contribution is -2.49. The lowest BCUT2D eigenvalue weighted by atomic mass is 9.80. The normalized spacial score (nSPS) is 25.0. The SMILES string of the molecule is CCCCCCCCCCCC(=O)[C@@H]1C(=O)N[C@@H](C)C[C@H]1C.CCCCCCCCCCCC(=O)[C@H]1C(=O)O[C@@H](C)C[C@@H]1C. The molecule has 2 heterocycles. The summed E-state index contributed by atoms with van der Waals surface area (Å²) >= 11 is 0. The van der Waals surface area contributed by atoms with Crippen molar-refractivity contribution in [2.75, 3.05) is 0 Å². The summed E-state index contributed by atoms with van der Waals surface area (Å²) in [4.78, 5) is 48.4. The molecule has 2 fully saturated rings. The fourth-order valence-corrected chi connectivity index (χ4v) is 7.00. The topological polar surface area (TPSA) is 89.5 Å². The number of nitrogens with one attached hydrogen (secondary N) is 1. The van der Waals surface area contributed by atoms with Crippen molar-refractivity contribution in [2.45, 2.75) is 195 Å². The lowest BCUT2D eigenvalue weighted by Gasteiger charge is -2.31. The first kappa shape index (κ1) is 40.3. The molecule has 0 spiro atoms. The van der Waals surface area contributed by atoms with Gasteiger partial charge in [-0.2, -0.15) is 0 Å². The molecule has 1 amide bonds. The molecule has 44 heavy (non-hydrogen) atoms. The van der Waals surface area contributed by atoms with E-state index in [1.165, 1.54) is 89.9 Å². The standard InChI is InChI=1S/C19H35NO2.C19H34O3/c1-4-5-6-7-8-9-10-11-12-13-17(21)18-15(2)14-16(3)20-19(18)22;1-4-5-6-7-8-9-10-11-12-13-17(20)18-15(2)14-16(3)22-19(18)21/h15-16,18H,4-14H2,1-3H3,(H,20,22);15-16,18H,4-14H2,1-3H3/t15-,16+,18-;15-,16-,18-/m10/s1. The second-order valence-electron chi connectivity index (χ2n) is 14.1. The molecule has 1 N–H and O–H groups in total. The molecule has 6 atom stereocenters. The number of hydrogen-bond acceptors (Lipinski definition) is 5. The Morgan fingerprint density at radius 1 is 0.591 bits per heavy atom. The molecule has 2 rings (SSSR count). The van der Waals surface area contributed by atoms with Crippen LogP contribution in [0, 0.1) is 23.7 Å². The molecule has 0 aromatic rings. The maximum absolute atomic E-state index is 12.3. The van der Waals surface area contributed by atoms with E-state index in [2.05, 4.69) is 19.2 Å². The summed E-state index contributed by atoms with van der Waals surface area (Å²) < 4.78 is 5.22. The first-order chi connectivity index (χ1) is 21.1. The Kier molecular flexibility index (Phi) is 22.4. The number of rotatable bonds is 22. The number of piperidine rings is 1. The maximum Gasteiger partial charge on any atom is 0.317 e. The number of carbonyl (C=O) groups is 4. The number of amides is 1. The number of carbonyl (C=O) groups excluding carboxylic acids is 4. The molecular formula is C38H69NO5. The average Bonchev–Trinajstić information content (AvgIpc) is 2.94. The highest BCUT2D eigenvalue weighted by Gasteiger charge is 2.39. The van der Waals surface area contributed by atoms with Crippen molar-refractivity contribution in [2.24, 2.45) is 23.7 Å². The van der Waals surface area contributed by atoms with Crippen molar-refractivity contribution >= 4 is 23.4 Å². The number of unbranched alkanes of at least 4 members (excludes halogenated alkanes) is 16. The Morgan fingerprint density at radius 3 is 1.39 bits per heavy atom. The van der Waals surface area contributed by atoms with E-state index in [9.17, 15) is 19.2 Å². The van der Waals surface area contributed by atoms with Crippen molar-refractivity contribution < 1.29 is 23.9 Å². The van der Waals surface area contributed by atoms with Gasteiger partial charge < -0.3 is 10.1 Å². The molecule has 2 saturated heterocycles. The second-order valence-corrected chi connectivity index (χ2v) is 14.1. The molecule has 6 heteroatoms. The predicted octanol–water partition coefficient (Wildman–Crippen LogP) is 9.70. The van der Waals surface area contributed by atoms with Crippen LogP contribution >= 0.6 is 0 Å². The van der Waals surface area contributed by atoms with Crippen LogP contribution in [0.4, 0.5) is 0 Å². The van der Waals surface area contributed by atoms with Crippen molar-refractivity contribution in [3.63, 3.8) is 0 Å². The van der Waals surface area contributed by atoms with E-state index >= 15 is 0 Å². The molecule has 0 unspecified atom stereocenters. The van der Waals surface area contributed by atoms with Crippen molar-refractivity contribution in [3.8, 4) is 0 Å². The van der Waals surface area contributed by atoms with Gasteiger partial charge in [-0.15, -0.1) is 0 Å². The molecule has 0 aromatic carbocycles. The van der Waals surface area contributed by atoms with Crippen molar-refractivity contribution in [1.82, 2.24) is 5.32 Å². The molecule has 0 aromatic heterocycles. The van der Waals surface area contributed by atoms with Crippen molar-refractivity contribution in [3.05, 3.63) is 0 Å². The number of cyclic esters (lactones) is 1. The lowest BCUT2D eigenvalue weighted by molar-refractivity contribution is -0.166. The Labute approximate surface area is 271 Å². The first-order valence-electron chi connectivity index (χ1n) is 18.7. The van der Waals surface area contributed by atoms with Gasteiger partial charge in [0, 0.05) is 18.9 Å². The number of ketones is 2. The summed E-state index contributed by atoms with van der Waals surface area (Å²) in [6.45, 7) is 12.4. The number of ether oxygens (including phenoxy) is 1. The number of Topliss-reactive ketones (excluding diaryl/α,β-unsaturated/α-hetero) is 2. The van der Waals surface area contributed by atoms with Crippen LogP contribution < -0.4 is 5.32 Å². The molecule has 0 bridgehead atoms. The van der Waals surface area contributed by atoms with Crippen LogP contribution in [0.25, 0.3) is 0 Å². The Morgan fingerprint density at radius 2 is 0.977 bits per heavy atom.